The Morgan fingerprint density at radius 3 is 3.00 bits per heavy atom. The fraction of sp³-hybridized carbons (Fsp3) is 0.714. The standard InChI is InChI=1S/C7H14N2/c1-2-3-5-8-7-4-6-9-7/h3,5,7-9H,2,4,6H2,1H3/p+1. The van der Waals surface area contributed by atoms with Gasteiger partial charge in [-0.1, -0.05) is 6.92 Å². The molecule has 1 fully saturated rings. The largest absolute Gasteiger partial charge is 0.305 e. The van der Waals surface area contributed by atoms with Crippen LogP contribution in [0.5, 0.6) is 0 Å². The second-order valence-corrected chi connectivity index (χ2v) is 2.38. The Morgan fingerprint density at radius 2 is 2.56 bits per heavy atom. The molecule has 0 aromatic heterocycles. The molecular formula is C7H15N2+. The number of allylic oxidation sites excluding steroid dienone is 1. The number of quaternary nitrogens is 1. The summed E-state index contributed by atoms with van der Waals surface area (Å²) >= 11 is 0. The van der Waals surface area contributed by atoms with E-state index in [1.54, 1.807) is 0 Å². The SMILES string of the molecule is CCC=C[NH2+]C1CCN1. The summed E-state index contributed by atoms with van der Waals surface area (Å²) in [7, 11) is 0. The first-order valence-electron chi connectivity index (χ1n) is 3.67. The number of hydrogen-bond donors (Lipinski definition) is 2. The second kappa shape index (κ2) is 3.64. The van der Waals surface area contributed by atoms with Gasteiger partial charge in [-0.25, -0.2) is 0 Å². The number of nitrogens with one attached hydrogen (secondary N) is 1. The molecule has 1 aliphatic heterocycles. The molecule has 3 N–H and O–H groups in total. The van der Waals surface area contributed by atoms with Crippen LogP contribution in [0.3, 0.4) is 0 Å². The Morgan fingerprint density at radius 1 is 1.78 bits per heavy atom. The lowest BCUT2D eigenvalue weighted by atomic mass is 10.2. The molecule has 0 spiro atoms. The van der Waals surface area contributed by atoms with E-state index >= 15 is 0 Å². The van der Waals surface area contributed by atoms with E-state index in [0.717, 1.165) is 6.42 Å². The molecule has 1 unspecified atom stereocenters. The highest BCUT2D eigenvalue weighted by molar-refractivity contribution is 4.71. The quantitative estimate of drug-likeness (QED) is 0.539. The van der Waals surface area contributed by atoms with Gasteiger partial charge >= 0.3 is 0 Å². The molecule has 0 amide bonds. The van der Waals surface area contributed by atoms with E-state index in [9.17, 15) is 0 Å². The molecule has 0 aromatic rings. The van der Waals surface area contributed by atoms with E-state index in [2.05, 4.69) is 29.8 Å². The van der Waals surface area contributed by atoms with Crippen LogP contribution in [0.15, 0.2) is 12.3 Å². The molecule has 2 nitrogen and oxygen atoms in total. The van der Waals surface area contributed by atoms with E-state index in [-0.39, 0.29) is 0 Å². The predicted molar refractivity (Wildman–Crippen MR) is 37.8 cm³/mol. The third-order valence-electron chi connectivity index (χ3n) is 1.58. The minimum Gasteiger partial charge on any atom is -0.305 e. The molecule has 0 aromatic carbocycles. The summed E-state index contributed by atoms with van der Waals surface area (Å²) in [4.78, 5) is 0. The van der Waals surface area contributed by atoms with E-state index < -0.39 is 0 Å². The fourth-order valence-corrected chi connectivity index (χ4v) is 0.824. The van der Waals surface area contributed by atoms with Crippen LogP contribution < -0.4 is 10.6 Å². The molecule has 0 bridgehead atoms. The topological polar surface area (TPSA) is 28.6 Å². The maximum absolute atomic E-state index is 3.30. The minimum absolute atomic E-state index is 0.674. The molecule has 1 rings (SSSR count). The average molecular weight is 127 g/mol. The van der Waals surface area contributed by atoms with Crippen LogP contribution in [0.1, 0.15) is 19.8 Å². The van der Waals surface area contributed by atoms with Crippen molar-refractivity contribution in [2.24, 2.45) is 0 Å². The second-order valence-electron chi connectivity index (χ2n) is 2.38. The maximum atomic E-state index is 3.30. The van der Waals surface area contributed by atoms with Crippen LogP contribution >= 0.6 is 0 Å². The van der Waals surface area contributed by atoms with Crippen molar-refractivity contribution in [3.63, 3.8) is 0 Å². The van der Waals surface area contributed by atoms with Crippen molar-refractivity contribution in [2.75, 3.05) is 6.54 Å². The highest BCUT2D eigenvalue weighted by Crippen LogP contribution is 1.89. The Labute approximate surface area is 56.3 Å². The van der Waals surface area contributed by atoms with Gasteiger partial charge in [-0.2, -0.15) is 0 Å². The van der Waals surface area contributed by atoms with Crippen molar-refractivity contribution >= 4 is 0 Å². The molecule has 2 heteroatoms. The molecule has 0 aliphatic carbocycles. The van der Waals surface area contributed by atoms with Gasteiger partial charge in [0.05, 0.1) is 6.20 Å². The van der Waals surface area contributed by atoms with Gasteiger partial charge in [-0.15, -0.1) is 0 Å². The number of rotatable bonds is 3. The lowest BCUT2D eigenvalue weighted by Gasteiger charge is -2.22. The molecule has 52 valence electrons. The highest BCUT2D eigenvalue weighted by Gasteiger charge is 2.16. The highest BCUT2D eigenvalue weighted by atomic mass is 15.2. The van der Waals surface area contributed by atoms with Gasteiger partial charge < -0.3 is 5.32 Å². The fourth-order valence-electron chi connectivity index (χ4n) is 0.824. The molecule has 0 radical (unpaired) electrons. The zero-order chi connectivity index (χ0) is 6.53. The summed E-state index contributed by atoms with van der Waals surface area (Å²) in [6, 6.07) is 0. The van der Waals surface area contributed by atoms with Crippen LogP contribution in [0.25, 0.3) is 0 Å². The van der Waals surface area contributed by atoms with Gasteiger partial charge in [-0.05, 0) is 12.5 Å². The van der Waals surface area contributed by atoms with Gasteiger partial charge in [0.15, 0.2) is 0 Å². The normalized spacial score (nSPS) is 26.6. The summed E-state index contributed by atoms with van der Waals surface area (Å²) in [5.41, 5.74) is 0. The van der Waals surface area contributed by atoms with E-state index in [1.807, 2.05) is 0 Å². The first kappa shape index (κ1) is 6.78. The smallest absolute Gasteiger partial charge is 0.145 e. The van der Waals surface area contributed by atoms with Crippen molar-refractivity contribution in [1.82, 2.24) is 5.32 Å². The first-order valence-corrected chi connectivity index (χ1v) is 3.67. The molecular weight excluding hydrogens is 112 g/mol. The zero-order valence-corrected chi connectivity index (χ0v) is 5.93. The van der Waals surface area contributed by atoms with Crippen LogP contribution in [0.2, 0.25) is 0 Å². The van der Waals surface area contributed by atoms with E-state index in [4.69, 9.17) is 0 Å². The lowest BCUT2D eigenvalue weighted by Crippen LogP contribution is -2.91. The molecule has 9 heavy (non-hydrogen) atoms. The van der Waals surface area contributed by atoms with E-state index in [1.165, 1.54) is 13.0 Å². The summed E-state index contributed by atoms with van der Waals surface area (Å²) < 4.78 is 0. The lowest BCUT2D eigenvalue weighted by molar-refractivity contribution is -0.642. The van der Waals surface area contributed by atoms with Gasteiger partial charge in [0.25, 0.3) is 0 Å². The summed E-state index contributed by atoms with van der Waals surface area (Å²) in [6.45, 7) is 3.35. The molecule has 1 atom stereocenters. The number of nitrogens with two attached hydrogens (primary N) is 1. The van der Waals surface area contributed by atoms with Crippen LogP contribution in [-0.4, -0.2) is 12.7 Å². The van der Waals surface area contributed by atoms with Crippen molar-refractivity contribution < 1.29 is 5.32 Å². The number of hydrogen-bond acceptors (Lipinski definition) is 1. The minimum atomic E-state index is 0.674. The Bertz CT molecular complexity index is 95.1. The van der Waals surface area contributed by atoms with E-state index in [0.29, 0.717) is 6.17 Å². The summed E-state index contributed by atoms with van der Waals surface area (Å²) in [5.74, 6) is 0. The molecule has 1 saturated heterocycles. The van der Waals surface area contributed by atoms with Crippen molar-refractivity contribution in [1.29, 1.82) is 0 Å². The van der Waals surface area contributed by atoms with Crippen molar-refractivity contribution in [3.05, 3.63) is 12.3 Å². The zero-order valence-electron chi connectivity index (χ0n) is 5.93. The molecule has 0 saturated carbocycles. The third-order valence-corrected chi connectivity index (χ3v) is 1.58. The summed E-state index contributed by atoms with van der Waals surface area (Å²) in [5, 5.41) is 5.53. The molecule has 1 aliphatic rings. The Kier molecular flexibility index (Phi) is 2.74. The van der Waals surface area contributed by atoms with Gasteiger partial charge in [0.2, 0.25) is 0 Å². The van der Waals surface area contributed by atoms with Crippen LogP contribution in [0.4, 0.5) is 0 Å². The Balaban J connectivity index is 1.97. The Hall–Kier alpha value is -0.340. The first-order chi connectivity index (χ1) is 4.43. The van der Waals surface area contributed by atoms with Gasteiger partial charge in [0.1, 0.15) is 6.17 Å². The third kappa shape index (κ3) is 2.16. The van der Waals surface area contributed by atoms with Crippen LogP contribution in [0, 0.1) is 0 Å². The van der Waals surface area contributed by atoms with Crippen molar-refractivity contribution in [3.8, 4) is 0 Å². The predicted octanol–water partition coefficient (Wildman–Crippen LogP) is -0.207. The maximum Gasteiger partial charge on any atom is 0.145 e. The van der Waals surface area contributed by atoms with Crippen molar-refractivity contribution in [2.45, 2.75) is 25.9 Å². The van der Waals surface area contributed by atoms with Gasteiger partial charge in [-0.3, -0.25) is 5.32 Å². The summed E-state index contributed by atoms with van der Waals surface area (Å²) in [6.07, 6.45) is 7.46. The molecule has 1 heterocycles. The monoisotopic (exact) mass is 127 g/mol. The van der Waals surface area contributed by atoms with Gasteiger partial charge in [0, 0.05) is 13.0 Å². The van der Waals surface area contributed by atoms with Crippen LogP contribution in [-0.2, 0) is 0 Å². The average Bonchev–Trinajstić information content (AvgIpc) is 1.76.